The Kier molecular flexibility index (Phi) is 4.45. The molecule has 1 heterocycles. The molecule has 4 nitrogen and oxygen atoms in total. The number of benzene rings is 2. The van der Waals surface area contributed by atoms with E-state index in [1.54, 1.807) is 10.9 Å². The molecular weight excluding hydrogens is 310 g/mol. The number of nitrogens with one attached hydrogen (secondary N) is 1. The van der Waals surface area contributed by atoms with E-state index in [9.17, 15) is 4.79 Å². The van der Waals surface area contributed by atoms with Crippen LogP contribution < -0.4 is 5.56 Å². The summed E-state index contributed by atoms with van der Waals surface area (Å²) in [6.45, 7) is 10.00. The van der Waals surface area contributed by atoms with Gasteiger partial charge in [-0.05, 0) is 63.4 Å². The van der Waals surface area contributed by atoms with Crippen molar-refractivity contribution in [3.8, 4) is 5.69 Å². The third-order valence-electron chi connectivity index (χ3n) is 4.41. The highest BCUT2D eigenvalue weighted by Gasteiger charge is 2.12. The fourth-order valence-electron chi connectivity index (χ4n) is 2.93. The predicted molar refractivity (Wildman–Crippen MR) is 104 cm³/mol. The number of nitrogens with zero attached hydrogens (tertiary/aromatic N) is 2. The lowest BCUT2D eigenvalue weighted by Gasteiger charge is -2.06. The van der Waals surface area contributed by atoms with Crippen molar-refractivity contribution in [2.75, 3.05) is 0 Å². The average molecular weight is 333 g/mol. The molecule has 0 atom stereocenters. The Hall–Kier alpha value is -2.88. The normalized spacial score (nSPS) is 11.4. The molecule has 4 heteroatoms. The average Bonchev–Trinajstić information content (AvgIpc) is 2.83. The van der Waals surface area contributed by atoms with Gasteiger partial charge in [0.2, 0.25) is 0 Å². The van der Waals surface area contributed by atoms with E-state index in [2.05, 4.69) is 22.2 Å². The summed E-state index contributed by atoms with van der Waals surface area (Å²) in [5.74, 6) is 0. The van der Waals surface area contributed by atoms with Gasteiger partial charge in [0, 0.05) is 11.9 Å². The lowest BCUT2D eigenvalue weighted by Crippen LogP contribution is -2.18. The fourth-order valence-corrected chi connectivity index (χ4v) is 2.93. The molecule has 3 aromatic rings. The van der Waals surface area contributed by atoms with Gasteiger partial charge in [-0.25, -0.2) is 4.68 Å². The summed E-state index contributed by atoms with van der Waals surface area (Å²) in [6, 6.07) is 12.2. The van der Waals surface area contributed by atoms with Gasteiger partial charge in [0.15, 0.2) is 0 Å². The maximum Gasteiger partial charge on any atom is 0.280 e. The Balaban J connectivity index is 2.04. The van der Waals surface area contributed by atoms with Crippen LogP contribution in [-0.4, -0.2) is 16.0 Å². The van der Waals surface area contributed by atoms with Crippen molar-refractivity contribution < 1.29 is 0 Å². The zero-order valence-corrected chi connectivity index (χ0v) is 15.3. The molecule has 1 N–H and O–H groups in total. The summed E-state index contributed by atoms with van der Waals surface area (Å²) >= 11 is 0. The number of aliphatic imine (C=N–C) groups is 1. The molecule has 0 unspecified atom stereocenters. The Morgan fingerprint density at radius 2 is 1.60 bits per heavy atom. The molecule has 128 valence electrons. The lowest BCUT2D eigenvalue weighted by molar-refractivity contribution is 0.828. The minimum absolute atomic E-state index is 0.0847. The number of aromatic amines is 1. The van der Waals surface area contributed by atoms with Crippen molar-refractivity contribution in [3.05, 3.63) is 80.3 Å². The van der Waals surface area contributed by atoms with Gasteiger partial charge in [-0.1, -0.05) is 29.8 Å². The van der Waals surface area contributed by atoms with Crippen LogP contribution in [0.5, 0.6) is 0 Å². The third-order valence-corrected chi connectivity index (χ3v) is 4.41. The van der Waals surface area contributed by atoms with E-state index in [1.807, 2.05) is 58.9 Å². The molecule has 0 spiro atoms. The molecule has 0 bridgehead atoms. The van der Waals surface area contributed by atoms with E-state index in [0.29, 0.717) is 5.56 Å². The summed E-state index contributed by atoms with van der Waals surface area (Å²) in [5, 5.41) is 3.16. The topological polar surface area (TPSA) is 50.1 Å². The molecular formula is C21H23N3O. The van der Waals surface area contributed by atoms with E-state index in [0.717, 1.165) is 33.8 Å². The highest BCUT2D eigenvalue weighted by Crippen LogP contribution is 2.20. The SMILES string of the molecule is Cc1ccc(-n2[nH]c(C)c(C=Nc3cc(C)ccc3C)c2=O)c(C)c1. The molecule has 2 aromatic carbocycles. The quantitative estimate of drug-likeness (QED) is 0.707. The smallest absolute Gasteiger partial charge is 0.280 e. The van der Waals surface area contributed by atoms with Crippen LogP contribution in [0.4, 0.5) is 5.69 Å². The minimum Gasteiger partial charge on any atom is -0.295 e. The van der Waals surface area contributed by atoms with Crippen LogP contribution in [0, 0.1) is 34.6 Å². The van der Waals surface area contributed by atoms with Crippen LogP contribution in [-0.2, 0) is 0 Å². The van der Waals surface area contributed by atoms with Crippen molar-refractivity contribution in [1.29, 1.82) is 0 Å². The Bertz CT molecular complexity index is 1020. The Morgan fingerprint density at radius 1 is 0.920 bits per heavy atom. The van der Waals surface area contributed by atoms with E-state index in [1.165, 1.54) is 5.56 Å². The van der Waals surface area contributed by atoms with Crippen molar-refractivity contribution >= 4 is 11.9 Å². The highest BCUT2D eigenvalue weighted by atomic mass is 16.1. The van der Waals surface area contributed by atoms with E-state index >= 15 is 0 Å². The monoisotopic (exact) mass is 333 g/mol. The van der Waals surface area contributed by atoms with E-state index in [-0.39, 0.29) is 5.56 Å². The number of H-pyrrole nitrogens is 1. The fraction of sp³-hybridized carbons (Fsp3) is 0.238. The molecule has 0 fully saturated rings. The third kappa shape index (κ3) is 3.33. The maximum atomic E-state index is 12.8. The molecule has 0 saturated heterocycles. The first-order valence-electron chi connectivity index (χ1n) is 8.37. The van der Waals surface area contributed by atoms with Crippen molar-refractivity contribution in [2.45, 2.75) is 34.6 Å². The molecule has 3 rings (SSSR count). The van der Waals surface area contributed by atoms with Gasteiger partial charge in [-0.3, -0.25) is 14.9 Å². The number of aromatic nitrogens is 2. The summed E-state index contributed by atoms with van der Waals surface area (Å²) in [5.41, 5.74) is 7.53. The molecule has 1 aromatic heterocycles. The lowest BCUT2D eigenvalue weighted by atomic mass is 10.1. The largest absolute Gasteiger partial charge is 0.295 e. The predicted octanol–water partition coefficient (Wildman–Crippen LogP) is 4.46. The Morgan fingerprint density at radius 3 is 2.32 bits per heavy atom. The molecule has 25 heavy (non-hydrogen) atoms. The van der Waals surface area contributed by atoms with Crippen LogP contribution in [0.15, 0.2) is 46.2 Å². The van der Waals surface area contributed by atoms with Gasteiger partial charge in [-0.2, -0.15) is 0 Å². The molecule has 0 radical (unpaired) electrons. The maximum absolute atomic E-state index is 12.8. The summed E-state index contributed by atoms with van der Waals surface area (Å²) in [6.07, 6.45) is 1.66. The Labute approximate surface area is 147 Å². The molecule has 0 saturated carbocycles. The summed E-state index contributed by atoms with van der Waals surface area (Å²) < 4.78 is 1.59. The van der Waals surface area contributed by atoms with Gasteiger partial charge in [-0.15, -0.1) is 0 Å². The molecule has 0 aliphatic rings. The van der Waals surface area contributed by atoms with E-state index < -0.39 is 0 Å². The van der Waals surface area contributed by atoms with Crippen LogP contribution in [0.2, 0.25) is 0 Å². The first-order chi connectivity index (χ1) is 11.9. The van der Waals surface area contributed by atoms with Crippen LogP contribution in [0.3, 0.4) is 0 Å². The number of rotatable bonds is 3. The first kappa shape index (κ1) is 17.0. The van der Waals surface area contributed by atoms with Crippen molar-refractivity contribution in [2.24, 2.45) is 4.99 Å². The zero-order valence-electron chi connectivity index (χ0n) is 15.3. The second kappa shape index (κ2) is 6.55. The number of hydrogen-bond acceptors (Lipinski definition) is 2. The summed E-state index contributed by atoms with van der Waals surface area (Å²) in [7, 11) is 0. The van der Waals surface area contributed by atoms with Gasteiger partial charge < -0.3 is 0 Å². The standard InChI is InChI=1S/C21H23N3O/c1-13-7-9-20(16(4)10-13)24-21(25)18(17(5)23-24)12-22-19-11-14(2)6-8-15(19)3/h6-12,23H,1-5H3. The van der Waals surface area contributed by atoms with Crippen LogP contribution in [0.1, 0.15) is 33.5 Å². The van der Waals surface area contributed by atoms with Crippen LogP contribution in [0.25, 0.3) is 5.69 Å². The number of aryl methyl sites for hydroxylation is 5. The zero-order chi connectivity index (χ0) is 18.1. The van der Waals surface area contributed by atoms with Crippen LogP contribution >= 0.6 is 0 Å². The highest BCUT2D eigenvalue weighted by molar-refractivity contribution is 5.83. The van der Waals surface area contributed by atoms with E-state index in [4.69, 9.17) is 0 Å². The van der Waals surface area contributed by atoms with Gasteiger partial charge >= 0.3 is 0 Å². The van der Waals surface area contributed by atoms with Gasteiger partial charge in [0.05, 0.1) is 16.9 Å². The van der Waals surface area contributed by atoms with Crippen molar-refractivity contribution in [1.82, 2.24) is 9.78 Å². The summed E-state index contributed by atoms with van der Waals surface area (Å²) in [4.78, 5) is 17.4. The van der Waals surface area contributed by atoms with Gasteiger partial charge in [0.1, 0.15) is 0 Å². The van der Waals surface area contributed by atoms with Crippen molar-refractivity contribution in [3.63, 3.8) is 0 Å². The minimum atomic E-state index is -0.0847. The van der Waals surface area contributed by atoms with Gasteiger partial charge in [0.25, 0.3) is 5.56 Å². The second-order valence-electron chi connectivity index (χ2n) is 6.63. The number of hydrogen-bond donors (Lipinski definition) is 1. The second-order valence-corrected chi connectivity index (χ2v) is 6.63. The molecule has 0 aliphatic carbocycles. The molecule has 0 aliphatic heterocycles. The first-order valence-corrected chi connectivity index (χ1v) is 8.37. The molecule has 0 amide bonds.